The number of likely N-dealkylation sites (tertiary alicyclic amines) is 1. The summed E-state index contributed by atoms with van der Waals surface area (Å²) in [5, 5.41) is 8.63. The van der Waals surface area contributed by atoms with Crippen LogP contribution in [0.1, 0.15) is 34.8 Å². The second kappa shape index (κ2) is 5.90. The fraction of sp³-hybridized carbons (Fsp3) is 0.375. The van der Waals surface area contributed by atoms with Gasteiger partial charge in [0.05, 0.1) is 0 Å². The van der Waals surface area contributed by atoms with Crippen LogP contribution < -0.4 is 0 Å². The highest BCUT2D eigenvalue weighted by Crippen LogP contribution is 2.20. The third-order valence-electron chi connectivity index (χ3n) is 3.63. The molecule has 0 aromatic heterocycles. The molecule has 0 radical (unpaired) electrons. The Bertz CT molecular complexity index is 563. The largest absolute Gasteiger partial charge is 0.478 e. The first-order valence-electron chi connectivity index (χ1n) is 6.78. The summed E-state index contributed by atoms with van der Waals surface area (Å²) >= 11 is 0. The molecule has 1 fully saturated rings. The Morgan fingerprint density at radius 1 is 1.40 bits per heavy atom. The fourth-order valence-corrected chi connectivity index (χ4v) is 2.46. The van der Waals surface area contributed by atoms with Crippen molar-refractivity contribution >= 4 is 18.0 Å². The van der Waals surface area contributed by atoms with Crippen molar-refractivity contribution in [1.29, 1.82) is 0 Å². The maximum absolute atomic E-state index is 12.3. The van der Waals surface area contributed by atoms with Gasteiger partial charge in [-0.15, -0.1) is 0 Å². The molecule has 1 aromatic rings. The first-order valence-corrected chi connectivity index (χ1v) is 6.78. The summed E-state index contributed by atoms with van der Waals surface area (Å²) in [5.74, 6) is -0.348. The molecule has 2 rings (SSSR count). The van der Waals surface area contributed by atoms with Crippen LogP contribution in [0.4, 0.5) is 0 Å². The Morgan fingerprint density at radius 2 is 2.15 bits per heavy atom. The highest BCUT2D eigenvalue weighted by Gasteiger charge is 2.24. The van der Waals surface area contributed by atoms with Crippen molar-refractivity contribution in [2.45, 2.75) is 20.3 Å². The van der Waals surface area contributed by atoms with Gasteiger partial charge in [0.15, 0.2) is 0 Å². The van der Waals surface area contributed by atoms with Crippen molar-refractivity contribution < 1.29 is 14.7 Å². The molecule has 1 amide bonds. The van der Waals surface area contributed by atoms with Crippen molar-refractivity contribution in [1.82, 2.24) is 4.90 Å². The molecule has 1 heterocycles. The molecule has 1 atom stereocenters. The molecule has 1 N–H and O–H groups in total. The van der Waals surface area contributed by atoms with Crippen molar-refractivity contribution in [3.8, 4) is 0 Å². The van der Waals surface area contributed by atoms with E-state index in [-0.39, 0.29) is 5.91 Å². The van der Waals surface area contributed by atoms with Gasteiger partial charge in [-0.2, -0.15) is 0 Å². The molecule has 1 aliphatic rings. The van der Waals surface area contributed by atoms with Crippen LogP contribution in [-0.2, 0) is 4.79 Å². The van der Waals surface area contributed by atoms with E-state index in [9.17, 15) is 9.59 Å². The number of aliphatic carboxylic acids is 1. The number of hydrogen-bond acceptors (Lipinski definition) is 2. The van der Waals surface area contributed by atoms with Crippen LogP contribution in [-0.4, -0.2) is 35.0 Å². The van der Waals surface area contributed by atoms with Gasteiger partial charge in [-0.3, -0.25) is 4.79 Å². The highest BCUT2D eigenvalue weighted by atomic mass is 16.4. The average Bonchev–Trinajstić information content (AvgIpc) is 2.83. The SMILES string of the molecule is Cc1cc(C(=O)N2CCC(C)C2)ccc1/C=C/C(=O)O. The van der Waals surface area contributed by atoms with E-state index in [1.54, 1.807) is 18.2 Å². The van der Waals surface area contributed by atoms with E-state index in [1.807, 2.05) is 17.9 Å². The lowest BCUT2D eigenvalue weighted by molar-refractivity contribution is -0.131. The average molecular weight is 273 g/mol. The van der Waals surface area contributed by atoms with Gasteiger partial charge < -0.3 is 10.0 Å². The number of rotatable bonds is 3. The predicted molar refractivity (Wildman–Crippen MR) is 77.5 cm³/mol. The number of hydrogen-bond donors (Lipinski definition) is 1. The van der Waals surface area contributed by atoms with Crippen molar-refractivity contribution in [2.24, 2.45) is 5.92 Å². The lowest BCUT2D eigenvalue weighted by Crippen LogP contribution is -2.28. The van der Waals surface area contributed by atoms with E-state index in [0.717, 1.165) is 36.7 Å². The smallest absolute Gasteiger partial charge is 0.328 e. The molecule has 4 nitrogen and oxygen atoms in total. The third-order valence-corrected chi connectivity index (χ3v) is 3.63. The van der Waals surface area contributed by atoms with Gasteiger partial charge in [0.2, 0.25) is 0 Å². The maximum atomic E-state index is 12.3. The zero-order valence-electron chi connectivity index (χ0n) is 11.8. The quantitative estimate of drug-likeness (QED) is 0.861. The number of nitrogens with zero attached hydrogens (tertiary/aromatic N) is 1. The lowest BCUT2D eigenvalue weighted by Gasteiger charge is -2.16. The molecule has 0 bridgehead atoms. The minimum absolute atomic E-state index is 0.0613. The molecule has 1 aliphatic heterocycles. The molecule has 0 spiro atoms. The number of benzene rings is 1. The highest BCUT2D eigenvalue weighted by molar-refractivity contribution is 5.95. The summed E-state index contributed by atoms with van der Waals surface area (Å²) < 4.78 is 0. The van der Waals surface area contributed by atoms with Gasteiger partial charge in [0.25, 0.3) is 5.91 Å². The van der Waals surface area contributed by atoms with Gasteiger partial charge in [0.1, 0.15) is 0 Å². The first-order chi connectivity index (χ1) is 9.47. The second-order valence-electron chi connectivity index (χ2n) is 5.39. The summed E-state index contributed by atoms with van der Waals surface area (Å²) in [6.45, 7) is 5.67. The molecule has 20 heavy (non-hydrogen) atoms. The Balaban J connectivity index is 2.16. The minimum atomic E-state index is -0.976. The van der Waals surface area contributed by atoms with Gasteiger partial charge >= 0.3 is 5.97 Å². The Morgan fingerprint density at radius 3 is 2.70 bits per heavy atom. The number of carboxylic acid groups (broad SMARTS) is 1. The van der Waals surface area contributed by atoms with Gasteiger partial charge in [-0.05, 0) is 48.6 Å². The summed E-state index contributed by atoms with van der Waals surface area (Å²) in [4.78, 5) is 24.7. The van der Waals surface area contributed by atoms with Crippen molar-refractivity contribution in [2.75, 3.05) is 13.1 Å². The normalized spacial score (nSPS) is 18.7. The van der Waals surface area contributed by atoms with Gasteiger partial charge in [-0.25, -0.2) is 4.79 Å². The summed E-state index contributed by atoms with van der Waals surface area (Å²) in [6, 6.07) is 5.38. The first kappa shape index (κ1) is 14.3. The lowest BCUT2D eigenvalue weighted by atomic mass is 10.0. The van der Waals surface area contributed by atoms with Crippen LogP contribution in [0, 0.1) is 12.8 Å². The van der Waals surface area contributed by atoms with E-state index in [1.165, 1.54) is 0 Å². The monoisotopic (exact) mass is 273 g/mol. The van der Waals surface area contributed by atoms with Gasteiger partial charge in [0, 0.05) is 24.7 Å². The van der Waals surface area contributed by atoms with Crippen molar-refractivity contribution in [3.05, 3.63) is 41.0 Å². The molecule has 0 aliphatic carbocycles. The van der Waals surface area contributed by atoms with Crippen LogP contribution in [0.5, 0.6) is 0 Å². The molecule has 1 unspecified atom stereocenters. The minimum Gasteiger partial charge on any atom is -0.478 e. The predicted octanol–water partition coefficient (Wildman–Crippen LogP) is 2.57. The van der Waals surface area contributed by atoms with Crippen LogP contribution in [0.25, 0.3) is 6.08 Å². The number of carbonyl (C=O) groups is 2. The Kier molecular flexibility index (Phi) is 4.23. The zero-order valence-corrected chi connectivity index (χ0v) is 11.8. The standard InChI is InChI=1S/C16H19NO3/c1-11-7-8-17(10-11)16(20)14-4-3-13(12(2)9-14)5-6-15(18)19/h3-6,9,11H,7-8,10H2,1-2H3,(H,18,19)/b6-5+. The number of amides is 1. The summed E-state index contributed by atoms with van der Waals surface area (Å²) in [5.41, 5.74) is 2.39. The molecular formula is C16H19NO3. The Labute approximate surface area is 118 Å². The summed E-state index contributed by atoms with van der Waals surface area (Å²) in [6.07, 6.45) is 3.71. The second-order valence-corrected chi connectivity index (χ2v) is 5.39. The van der Waals surface area contributed by atoms with Crippen molar-refractivity contribution in [3.63, 3.8) is 0 Å². The molecule has 1 saturated heterocycles. The topological polar surface area (TPSA) is 57.6 Å². The van der Waals surface area contributed by atoms with Crippen LogP contribution in [0.2, 0.25) is 0 Å². The molecular weight excluding hydrogens is 254 g/mol. The number of aryl methyl sites for hydroxylation is 1. The van der Waals surface area contributed by atoms with Crippen LogP contribution >= 0.6 is 0 Å². The third kappa shape index (κ3) is 3.26. The number of carboxylic acids is 1. The van der Waals surface area contributed by atoms with E-state index < -0.39 is 5.97 Å². The molecule has 106 valence electrons. The maximum Gasteiger partial charge on any atom is 0.328 e. The van der Waals surface area contributed by atoms with Crippen LogP contribution in [0.3, 0.4) is 0 Å². The van der Waals surface area contributed by atoms with Crippen LogP contribution in [0.15, 0.2) is 24.3 Å². The fourth-order valence-electron chi connectivity index (χ4n) is 2.46. The molecule has 1 aromatic carbocycles. The molecule has 4 heteroatoms. The zero-order chi connectivity index (χ0) is 14.7. The molecule has 0 saturated carbocycles. The summed E-state index contributed by atoms with van der Waals surface area (Å²) in [7, 11) is 0. The Hall–Kier alpha value is -2.10. The van der Waals surface area contributed by atoms with E-state index in [4.69, 9.17) is 5.11 Å². The number of carbonyl (C=O) groups excluding carboxylic acids is 1. The van der Waals surface area contributed by atoms with E-state index >= 15 is 0 Å². The van der Waals surface area contributed by atoms with Gasteiger partial charge in [-0.1, -0.05) is 13.0 Å². The van der Waals surface area contributed by atoms with E-state index in [2.05, 4.69) is 6.92 Å². The van der Waals surface area contributed by atoms with E-state index in [0.29, 0.717) is 11.5 Å².